The molecule has 0 fully saturated rings. The number of aromatic carboxylic acids is 1. The van der Waals surface area contributed by atoms with E-state index >= 15 is 0 Å². The van der Waals surface area contributed by atoms with Gasteiger partial charge in [-0.2, -0.15) is 5.10 Å². The minimum absolute atomic E-state index is 0. The van der Waals surface area contributed by atoms with Crippen LogP contribution in [0.1, 0.15) is 30.2 Å². The fourth-order valence-electron chi connectivity index (χ4n) is 3.50. The molecule has 35 heavy (non-hydrogen) atoms. The van der Waals surface area contributed by atoms with E-state index in [0.29, 0.717) is 10.9 Å². The van der Waals surface area contributed by atoms with Crippen LogP contribution in [0.3, 0.4) is 0 Å². The smallest absolute Gasteiger partial charge is 0.545 e. The number of carbonyl (C=O) groups is 3. The number of aliphatic hydroxyl groups is 3. The Morgan fingerprint density at radius 1 is 1.17 bits per heavy atom. The molecule has 0 unspecified atom stereocenters. The van der Waals surface area contributed by atoms with Crippen LogP contribution in [0.2, 0.25) is 0 Å². The number of fused-ring (bicyclic) bond motifs is 1. The number of nitrogens with zero attached hydrogens (tertiary/aromatic N) is 2. The number of benzene rings is 1. The van der Waals surface area contributed by atoms with E-state index in [1.165, 1.54) is 29.1 Å². The summed E-state index contributed by atoms with van der Waals surface area (Å²) in [6.45, 7) is 2.39. The number of carboxylic acid groups (broad SMARTS) is 2. The fourth-order valence-corrected chi connectivity index (χ4v) is 3.50. The summed E-state index contributed by atoms with van der Waals surface area (Å²) in [6, 6.07) is 1.88. The van der Waals surface area contributed by atoms with Crippen molar-refractivity contribution in [3.05, 3.63) is 41.8 Å². The summed E-state index contributed by atoms with van der Waals surface area (Å²) < 4.78 is 6.62. The van der Waals surface area contributed by atoms with Crippen LogP contribution in [0, 0.1) is 5.92 Å². The van der Waals surface area contributed by atoms with Gasteiger partial charge in [0.15, 0.2) is 0 Å². The third-order valence-electron chi connectivity index (χ3n) is 5.32. The molecule has 178 valence electrons. The van der Waals surface area contributed by atoms with E-state index < -0.39 is 66.5 Å². The first kappa shape index (κ1) is 31.5. The van der Waals surface area contributed by atoms with Crippen LogP contribution in [-0.2, 0) is 14.3 Å². The molecule has 0 aliphatic carbocycles. The molecule has 1 aliphatic rings. The van der Waals surface area contributed by atoms with E-state index in [-0.39, 0.29) is 64.7 Å². The van der Waals surface area contributed by atoms with E-state index in [0.717, 1.165) is 6.08 Å². The number of aliphatic carboxylic acids is 1. The monoisotopic (exact) mass is 507 g/mol. The standard InChI is InChI=1S/C21H25N3O9.2Na/c1-9(2)19(28)22-16-13(6-15(21(31)32)33-18(16)17(27)14(26)8-25)24-7-11-5-10(20(29)30)3-4-12(11)23-24;;/h3-7,9,13-14,16-18,25-27H,8H2,1-2H3,(H,22,28)(H,29,30)(H,31,32);;/q;2*+1/p-2/t13-,14+,16+,17+,18+;;/m0../s1. The predicted molar refractivity (Wildman–Crippen MR) is 107 cm³/mol. The van der Waals surface area contributed by atoms with Gasteiger partial charge in [-0.1, -0.05) is 19.9 Å². The van der Waals surface area contributed by atoms with Gasteiger partial charge in [-0.15, -0.1) is 0 Å². The Kier molecular flexibility index (Phi) is 11.9. The molecule has 0 saturated heterocycles. The zero-order valence-corrected chi connectivity index (χ0v) is 23.7. The molecule has 1 aromatic heterocycles. The number of nitrogens with one attached hydrogen (secondary N) is 1. The van der Waals surface area contributed by atoms with Gasteiger partial charge in [0.1, 0.15) is 30.0 Å². The molecular weight excluding hydrogens is 484 g/mol. The second-order valence-corrected chi connectivity index (χ2v) is 7.99. The molecule has 1 aromatic carbocycles. The fraction of sp³-hybridized carbons (Fsp3) is 0.429. The van der Waals surface area contributed by atoms with Crippen molar-refractivity contribution in [2.24, 2.45) is 5.92 Å². The average Bonchev–Trinajstić information content (AvgIpc) is 3.20. The summed E-state index contributed by atoms with van der Waals surface area (Å²) >= 11 is 0. The average molecular weight is 507 g/mol. The molecule has 5 atom stereocenters. The first-order valence-electron chi connectivity index (χ1n) is 10.1. The maximum absolute atomic E-state index is 12.5. The Bertz CT molecular complexity index is 1100. The van der Waals surface area contributed by atoms with E-state index in [2.05, 4.69) is 10.4 Å². The van der Waals surface area contributed by atoms with E-state index in [9.17, 15) is 39.9 Å². The first-order chi connectivity index (χ1) is 15.5. The van der Waals surface area contributed by atoms with Crippen molar-refractivity contribution < 1.29 is 104 Å². The van der Waals surface area contributed by atoms with Crippen molar-refractivity contribution in [2.45, 2.75) is 44.2 Å². The zero-order chi connectivity index (χ0) is 24.4. The minimum atomic E-state index is -1.78. The van der Waals surface area contributed by atoms with Crippen molar-refractivity contribution in [1.82, 2.24) is 15.1 Å². The summed E-state index contributed by atoms with van der Waals surface area (Å²) in [5.74, 6) is -4.71. The van der Waals surface area contributed by atoms with Crippen LogP contribution < -0.4 is 74.6 Å². The summed E-state index contributed by atoms with van der Waals surface area (Å²) in [5.41, 5.74) is 0.278. The third-order valence-corrected chi connectivity index (χ3v) is 5.32. The van der Waals surface area contributed by atoms with Crippen molar-refractivity contribution >= 4 is 28.7 Å². The maximum Gasteiger partial charge on any atom is 1.00 e. The molecule has 4 N–H and O–H groups in total. The maximum atomic E-state index is 12.5. The van der Waals surface area contributed by atoms with Gasteiger partial charge in [-0.25, -0.2) is 0 Å². The van der Waals surface area contributed by atoms with Gasteiger partial charge in [-0.05, 0) is 23.8 Å². The minimum Gasteiger partial charge on any atom is -0.545 e. The summed E-state index contributed by atoms with van der Waals surface area (Å²) in [4.78, 5) is 35.2. The normalized spacial score (nSPS) is 21.1. The molecule has 1 amide bonds. The Morgan fingerprint density at radius 2 is 1.83 bits per heavy atom. The quantitative estimate of drug-likeness (QED) is 0.249. The van der Waals surface area contributed by atoms with Gasteiger partial charge in [0.05, 0.1) is 30.2 Å². The number of ether oxygens (including phenoxy) is 1. The van der Waals surface area contributed by atoms with Crippen LogP contribution in [0.5, 0.6) is 0 Å². The van der Waals surface area contributed by atoms with Crippen LogP contribution in [0.15, 0.2) is 36.2 Å². The van der Waals surface area contributed by atoms with Gasteiger partial charge in [-0.3, -0.25) is 9.48 Å². The first-order valence-corrected chi connectivity index (χ1v) is 10.1. The molecule has 2 aromatic rings. The third kappa shape index (κ3) is 7.06. The van der Waals surface area contributed by atoms with E-state index in [1.54, 1.807) is 13.8 Å². The molecule has 0 saturated carbocycles. The number of amides is 1. The van der Waals surface area contributed by atoms with Gasteiger partial charge < -0.3 is 45.2 Å². The molecule has 0 spiro atoms. The van der Waals surface area contributed by atoms with E-state index in [4.69, 9.17) is 4.74 Å². The predicted octanol–water partition coefficient (Wildman–Crippen LogP) is -9.16. The number of hydrogen-bond donors (Lipinski definition) is 4. The van der Waals surface area contributed by atoms with Gasteiger partial charge in [0.2, 0.25) is 5.91 Å². The van der Waals surface area contributed by atoms with Crippen LogP contribution in [0.4, 0.5) is 0 Å². The van der Waals surface area contributed by atoms with Gasteiger partial charge >= 0.3 is 59.1 Å². The van der Waals surface area contributed by atoms with Gasteiger partial charge in [0.25, 0.3) is 0 Å². The molecule has 14 heteroatoms. The molecule has 2 heterocycles. The van der Waals surface area contributed by atoms with Crippen molar-refractivity contribution in [3.8, 4) is 0 Å². The number of hydrogen-bond acceptors (Lipinski definition) is 10. The molecular formula is C21H23N3Na2O9. The van der Waals surface area contributed by atoms with Crippen molar-refractivity contribution in [1.29, 1.82) is 0 Å². The largest absolute Gasteiger partial charge is 1.00 e. The number of aromatic nitrogens is 2. The van der Waals surface area contributed by atoms with Crippen molar-refractivity contribution in [2.75, 3.05) is 6.61 Å². The molecule has 0 bridgehead atoms. The Balaban J connectivity index is 0.00000306. The molecule has 12 nitrogen and oxygen atoms in total. The zero-order valence-electron chi connectivity index (χ0n) is 19.7. The second-order valence-electron chi connectivity index (χ2n) is 7.99. The van der Waals surface area contributed by atoms with Gasteiger partial charge in [0, 0.05) is 17.5 Å². The topological polar surface area (TPSA) is 197 Å². The van der Waals surface area contributed by atoms with Crippen molar-refractivity contribution in [3.63, 3.8) is 0 Å². The van der Waals surface area contributed by atoms with Crippen LogP contribution in [0.25, 0.3) is 10.9 Å². The number of aliphatic hydroxyl groups excluding tert-OH is 3. The summed E-state index contributed by atoms with van der Waals surface area (Å²) in [6.07, 6.45) is -2.42. The van der Waals surface area contributed by atoms with E-state index in [1.807, 2.05) is 0 Å². The number of carbonyl (C=O) groups excluding carboxylic acids is 3. The molecule has 3 rings (SSSR count). The summed E-state index contributed by atoms with van der Waals surface area (Å²) in [7, 11) is 0. The van der Waals surface area contributed by atoms with Crippen LogP contribution >= 0.6 is 0 Å². The Labute approximate surface area is 244 Å². The Hall–Kier alpha value is -1.48. The Morgan fingerprint density at radius 3 is 2.37 bits per heavy atom. The number of carboxylic acids is 2. The molecule has 1 aliphatic heterocycles. The SMILES string of the molecule is CC(C)C(=O)N[C@H]1[C@H]([C@H](O)[C@H](O)CO)OC(C(=O)[O-])=C[C@@H]1n1cc2cc(C(=O)[O-])ccc2n1.[Na+].[Na+]. The number of rotatable bonds is 8. The summed E-state index contributed by atoms with van der Waals surface area (Å²) in [5, 5.41) is 59.9. The molecule has 0 radical (unpaired) electrons. The van der Waals surface area contributed by atoms with Crippen LogP contribution in [-0.4, -0.2) is 73.9 Å². The second kappa shape index (κ2) is 13.2.